The smallest absolute Gasteiger partial charge is 0.225 e. The van der Waals surface area contributed by atoms with Crippen molar-refractivity contribution in [3.8, 4) is 0 Å². The van der Waals surface area contributed by atoms with Gasteiger partial charge in [0, 0.05) is 25.7 Å². The van der Waals surface area contributed by atoms with Gasteiger partial charge in [0.1, 0.15) is 5.82 Å². The summed E-state index contributed by atoms with van der Waals surface area (Å²) >= 11 is 0. The molecule has 1 aliphatic rings. The molecule has 0 amide bonds. The lowest BCUT2D eigenvalue weighted by Gasteiger charge is -2.32. The van der Waals surface area contributed by atoms with Crippen LogP contribution in [0.4, 0.5) is 5.82 Å². The lowest BCUT2D eigenvalue weighted by Crippen LogP contribution is -2.38. The highest BCUT2D eigenvalue weighted by molar-refractivity contribution is 7.91. The largest absolute Gasteiger partial charge is 0.366 e. The van der Waals surface area contributed by atoms with Crippen LogP contribution in [-0.2, 0) is 16.4 Å². The van der Waals surface area contributed by atoms with Crippen molar-refractivity contribution in [1.29, 1.82) is 0 Å². The predicted octanol–water partition coefficient (Wildman–Crippen LogP) is 3.39. The van der Waals surface area contributed by atoms with Crippen molar-refractivity contribution in [2.45, 2.75) is 35.3 Å². The molecule has 4 rings (SSSR count). The first-order valence-electron chi connectivity index (χ1n) is 9.78. The molecule has 0 saturated carbocycles. The number of sulfone groups is 1. The van der Waals surface area contributed by atoms with E-state index in [0.29, 0.717) is 11.9 Å². The number of nitrogens with one attached hydrogen (secondary N) is 1. The highest BCUT2D eigenvalue weighted by Gasteiger charge is 2.21. The van der Waals surface area contributed by atoms with Crippen molar-refractivity contribution in [3.05, 3.63) is 78.4 Å². The highest BCUT2D eigenvalue weighted by Crippen LogP contribution is 2.20. The van der Waals surface area contributed by atoms with Crippen LogP contribution in [0, 0.1) is 0 Å². The molecular formula is C22H24N4O2S. The molecular weight excluding hydrogens is 384 g/mol. The Kier molecular flexibility index (Phi) is 5.87. The summed E-state index contributed by atoms with van der Waals surface area (Å²) in [4.78, 5) is 2.68. The van der Waals surface area contributed by atoms with E-state index in [2.05, 4.69) is 44.7 Å². The third kappa shape index (κ3) is 4.81. The van der Waals surface area contributed by atoms with Crippen molar-refractivity contribution >= 4 is 15.7 Å². The zero-order valence-corrected chi connectivity index (χ0v) is 16.9. The maximum atomic E-state index is 12.6. The fourth-order valence-electron chi connectivity index (χ4n) is 3.55. The Hall–Kier alpha value is -2.77. The number of benzene rings is 2. The van der Waals surface area contributed by atoms with Crippen molar-refractivity contribution in [1.82, 2.24) is 15.1 Å². The van der Waals surface area contributed by atoms with Crippen LogP contribution in [0.1, 0.15) is 18.4 Å². The minimum Gasteiger partial charge on any atom is -0.366 e. The standard InChI is InChI=1S/C22H24N4O2S/c27-29(28,20-9-5-2-6-10-20)22-12-11-21(24-25-22)23-19-13-15-26(16-14-19)17-18-7-3-1-4-8-18/h1-12,19H,13-17H2,(H,23,24). The lowest BCUT2D eigenvalue weighted by molar-refractivity contribution is 0.211. The molecule has 7 heteroatoms. The van der Waals surface area contributed by atoms with Crippen LogP contribution in [0.2, 0.25) is 0 Å². The monoisotopic (exact) mass is 408 g/mol. The molecule has 150 valence electrons. The summed E-state index contributed by atoms with van der Waals surface area (Å²) < 4.78 is 25.2. The Bertz CT molecular complexity index is 1020. The molecule has 1 aromatic heterocycles. The van der Waals surface area contributed by atoms with Gasteiger partial charge in [-0.3, -0.25) is 4.90 Å². The first-order chi connectivity index (χ1) is 14.1. The Morgan fingerprint density at radius 1 is 0.862 bits per heavy atom. The molecule has 1 aliphatic heterocycles. The molecule has 0 spiro atoms. The van der Waals surface area contributed by atoms with Gasteiger partial charge in [-0.05, 0) is 42.7 Å². The van der Waals surface area contributed by atoms with Crippen LogP contribution in [0.25, 0.3) is 0 Å². The van der Waals surface area contributed by atoms with Crippen LogP contribution in [0.5, 0.6) is 0 Å². The molecule has 29 heavy (non-hydrogen) atoms. The van der Waals surface area contributed by atoms with Gasteiger partial charge in [-0.1, -0.05) is 48.5 Å². The van der Waals surface area contributed by atoms with Gasteiger partial charge in [0.25, 0.3) is 0 Å². The third-order valence-corrected chi connectivity index (χ3v) is 6.82. The molecule has 0 atom stereocenters. The van der Waals surface area contributed by atoms with E-state index in [1.807, 2.05) is 6.07 Å². The summed E-state index contributed by atoms with van der Waals surface area (Å²) in [6, 6.07) is 22.3. The van der Waals surface area contributed by atoms with Gasteiger partial charge < -0.3 is 5.32 Å². The van der Waals surface area contributed by atoms with Crippen LogP contribution in [-0.4, -0.2) is 42.6 Å². The molecule has 0 bridgehead atoms. The molecule has 1 fully saturated rings. The molecule has 3 aromatic rings. The van der Waals surface area contributed by atoms with Gasteiger partial charge in [-0.25, -0.2) is 8.42 Å². The molecule has 1 N–H and O–H groups in total. The predicted molar refractivity (Wildman–Crippen MR) is 112 cm³/mol. The Morgan fingerprint density at radius 2 is 1.52 bits per heavy atom. The second kappa shape index (κ2) is 8.71. The van der Waals surface area contributed by atoms with Crippen molar-refractivity contribution in [2.75, 3.05) is 18.4 Å². The molecule has 0 unspecified atom stereocenters. The van der Waals surface area contributed by atoms with E-state index in [1.54, 1.807) is 36.4 Å². The van der Waals surface area contributed by atoms with Crippen LogP contribution < -0.4 is 5.32 Å². The van der Waals surface area contributed by atoms with Crippen molar-refractivity contribution in [3.63, 3.8) is 0 Å². The van der Waals surface area contributed by atoms with Crippen molar-refractivity contribution < 1.29 is 8.42 Å². The SMILES string of the molecule is O=S(=O)(c1ccccc1)c1ccc(NC2CCN(Cc3ccccc3)CC2)nn1. The van der Waals surface area contributed by atoms with E-state index in [1.165, 1.54) is 11.6 Å². The minimum atomic E-state index is -3.63. The van der Waals surface area contributed by atoms with Gasteiger partial charge in [0.15, 0.2) is 5.03 Å². The topological polar surface area (TPSA) is 75.2 Å². The Morgan fingerprint density at radius 3 is 2.14 bits per heavy atom. The summed E-state index contributed by atoms with van der Waals surface area (Å²) in [5, 5.41) is 11.4. The Balaban J connectivity index is 1.33. The maximum Gasteiger partial charge on any atom is 0.225 e. The van der Waals surface area contributed by atoms with E-state index >= 15 is 0 Å². The third-order valence-electron chi connectivity index (χ3n) is 5.16. The summed E-state index contributed by atoms with van der Waals surface area (Å²) in [5.41, 5.74) is 1.33. The highest BCUT2D eigenvalue weighted by atomic mass is 32.2. The number of likely N-dealkylation sites (tertiary alicyclic amines) is 1. The minimum absolute atomic E-state index is 0.0352. The van der Waals surface area contributed by atoms with Gasteiger partial charge in [-0.2, -0.15) is 0 Å². The van der Waals surface area contributed by atoms with Crippen LogP contribution >= 0.6 is 0 Å². The first-order valence-corrected chi connectivity index (χ1v) is 11.3. The lowest BCUT2D eigenvalue weighted by atomic mass is 10.0. The van der Waals surface area contributed by atoms with Gasteiger partial charge in [-0.15, -0.1) is 10.2 Å². The molecule has 6 nitrogen and oxygen atoms in total. The number of aromatic nitrogens is 2. The van der Waals surface area contributed by atoms with E-state index < -0.39 is 9.84 Å². The molecule has 0 aliphatic carbocycles. The number of anilines is 1. The zero-order valence-electron chi connectivity index (χ0n) is 16.1. The van der Waals surface area contributed by atoms with Crippen molar-refractivity contribution in [2.24, 2.45) is 0 Å². The average molecular weight is 409 g/mol. The number of nitrogens with zero attached hydrogens (tertiary/aromatic N) is 3. The molecule has 1 saturated heterocycles. The van der Waals surface area contributed by atoms with E-state index in [4.69, 9.17) is 0 Å². The zero-order chi connectivity index (χ0) is 20.1. The number of rotatable bonds is 6. The molecule has 2 heterocycles. The summed E-state index contributed by atoms with van der Waals surface area (Å²) in [7, 11) is -3.63. The fraction of sp³-hybridized carbons (Fsp3) is 0.273. The van der Waals surface area contributed by atoms with Gasteiger partial charge in [0.05, 0.1) is 4.90 Å². The number of piperidine rings is 1. The summed E-state index contributed by atoms with van der Waals surface area (Å²) in [6.07, 6.45) is 2.02. The first kappa shape index (κ1) is 19.5. The maximum absolute atomic E-state index is 12.6. The summed E-state index contributed by atoms with van der Waals surface area (Å²) in [6.45, 7) is 3.00. The normalized spacial score (nSPS) is 15.9. The van der Waals surface area contributed by atoms with E-state index in [-0.39, 0.29) is 9.92 Å². The average Bonchev–Trinajstić information content (AvgIpc) is 2.77. The second-order valence-electron chi connectivity index (χ2n) is 7.25. The Labute approximate surface area is 171 Å². The van der Waals surface area contributed by atoms with Gasteiger partial charge in [0.2, 0.25) is 9.84 Å². The van der Waals surface area contributed by atoms with Crippen LogP contribution in [0.3, 0.4) is 0 Å². The molecule has 0 radical (unpaired) electrons. The van der Waals surface area contributed by atoms with E-state index in [9.17, 15) is 8.42 Å². The fourth-order valence-corrected chi connectivity index (χ4v) is 4.70. The van der Waals surface area contributed by atoms with Gasteiger partial charge >= 0.3 is 0 Å². The van der Waals surface area contributed by atoms with Crippen LogP contribution in [0.15, 0.2) is 82.7 Å². The second-order valence-corrected chi connectivity index (χ2v) is 9.15. The number of hydrogen-bond acceptors (Lipinski definition) is 6. The quantitative estimate of drug-likeness (QED) is 0.674. The number of hydrogen-bond donors (Lipinski definition) is 1. The van der Waals surface area contributed by atoms with E-state index in [0.717, 1.165) is 32.5 Å². The molecule has 2 aromatic carbocycles. The summed E-state index contributed by atoms with van der Waals surface area (Å²) in [5.74, 6) is 0.610.